The molecule has 0 heterocycles. The number of benzene rings is 1. The third-order valence-corrected chi connectivity index (χ3v) is 2.33. The van der Waals surface area contributed by atoms with E-state index in [4.69, 9.17) is 0 Å². The third kappa shape index (κ3) is 4.11. The van der Waals surface area contributed by atoms with Crippen molar-refractivity contribution in [2.75, 3.05) is 27.2 Å². The normalized spacial score (nSPS) is 10.6. The summed E-state index contributed by atoms with van der Waals surface area (Å²) in [7, 11) is 4.00. The standard InChI is InChI=1S/C12H16F2N2O/c1-16(2)8-4-7-15-12(17)11-9(13)5-3-6-10(11)14/h3,5-6H,4,7-8H2,1-2H3,(H,15,17)/p+1. The molecule has 5 heteroatoms. The van der Waals surface area contributed by atoms with Gasteiger partial charge in [0, 0.05) is 13.0 Å². The average Bonchev–Trinajstić information content (AvgIpc) is 2.24. The molecule has 2 N–H and O–H groups in total. The highest BCUT2D eigenvalue weighted by Crippen LogP contribution is 2.11. The number of carbonyl (C=O) groups excluding carboxylic acids is 1. The van der Waals surface area contributed by atoms with Gasteiger partial charge in [0.2, 0.25) is 0 Å². The Balaban J connectivity index is 2.53. The molecule has 0 saturated heterocycles. The second-order valence-electron chi connectivity index (χ2n) is 4.16. The molecule has 1 amide bonds. The van der Waals surface area contributed by atoms with Crippen molar-refractivity contribution in [2.24, 2.45) is 0 Å². The van der Waals surface area contributed by atoms with Crippen molar-refractivity contribution in [3.63, 3.8) is 0 Å². The SMILES string of the molecule is C[NH+](C)CCCNC(=O)c1c(F)cccc1F. The summed E-state index contributed by atoms with van der Waals surface area (Å²) in [4.78, 5) is 12.8. The lowest BCUT2D eigenvalue weighted by molar-refractivity contribution is -0.858. The van der Waals surface area contributed by atoms with E-state index in [2.05, 4.69) is 5.32 Å². The summed E-state index contributed by atoms with van der Waals surface area (Å²) in [6.45, 7) is 1.30. The smallest absolute Gasteiger partial charge is 0.257 e. The highest BCUT2D eigenvalue weighted by molar-refractivity contribution is 5.94. The van der Waals surface area contributed by atoms with Crippen molar-refractivity contribution in [3.05, 3.63) is 35.4 Å². The molecule has 0 aliphatic carbocycles. The summed E-state index contributed by atoms with van der Waals surface area (Å²) in [5.41, 5.74) is -0.510. The van der Waals surface area contributed by atoms with Gasteiger partial charge in [-0.15, -0.1) is 0 Å². The number of halogens is 2. The van der Waals surface area contributed by atoms with Gasteiger partial charge in [0.25, 0.3) is 5.91 Å². The van der Waals surface area contributed by atoms with Gasteiger partial charge in [-0.3, -0.25) is 4.79 Å². The van der Waals surface area contributed by atoms with Crippen molar-refractivity contribution < 1.29 is 18.5 Å². The highest BCUT2D eigenvalue weighted by atomic mass is 19.1. The number of quaternary nitrogens is 1. The molecule has 0 aliphatic heterocycles. The Bertz CT molecular complexity index is 374. The molecule has 1 aromatic rings. The van der Waals surface area contributed by atoms with E-state index in [1.807, 2.05) is 14.1 Å². The van der Waals surface area contributed by atoms with Crippen molar-refractivity contribution in [3.8, 4) is 0 Å². The first-order valence-corrected chi connectivity index (χ1v) is 5.53. The summed E-state index contributed by atoms with van der Waals surface area (Å²) < 4.78 is 26.5. The molecule has 0 radical (unpaired) electrons. The number of hydrogen-bond donors (Lipinski definition) is 2. The van der Waals surface area contributed by atoms with Crippen LogP contribution in [0.1, 0.15) is 16.8 Å². The average molecular weight is 243 g/mol. The summed E-state index contributed by atoms with van der Waals surface area (Å²) in [6, 6.07) is 3.38. The molecule has 1 rings (SSSR count). The van der Waals surface area contributed by atoms with E-state index in [9.17, 15) is 13.6 Å². The Morgan fingerprint density at radius 3 is 2.41 bits per heavy atom. The molecule has 3 nitrogen and oxygen atoms in total. The van der Waals surface area contributed by atoms with E-state index < -0.39 is 23.1 Å². The van der Waals surface area contributed by atoms with E-state index in [0.29, 0.717) is 6.54 Å². The zero-order valence-electron chi connectivity index (χ0n) is 10.0. The maximum atomic E-state index is 13.2. The largest absolute Gasteiger partial charge is 0.352 e. The van der Waals surface area contributed by atoms with Crippen LogP contribution in [0, 0.1) is 11.6 Å². The van der Waals surface area contributed by atoms with Crippen LogP contribution in [0.25, 0.3) is 0 Å². The first kappa shape index (κ1) is 13.6. The van der Waals surface area contributed by atoms with Crippen LogP contribution < -0.4 is 10.2 Å². The van der Waals surface area contributed by atoms with Crippen LogP contribution in [0.3, 0.4) is 0 Å². The molecule has 17 heavy (non-hydrogen) atoms. The second kappa shape index (κ2) is 6.30. The second-order valence-corrected chi connectivity index (χ2v) is 4.16. The van der Waals surface area contributed by atoms with Crippen molar-refractivity contribution in [1.29, 1.82) is 0 Å². The fourth-order valence-corrected chi connectivity index (χ4v) is 1.45. The van der Waals surface area contributed by atoms with Crippen LogP contribution in [0.2, 0.25) is 0 Å². The van der Waals surface area contributed by atoms with Crippen LogP contribution in [0.15, 0.2) is 18.2 Å². The van der Waals surface area contributed by atoms with Gasteiger partial charge >= 0.3 is 0 Å². The highest BCUT2D eigenvalue weighted by Gasteiger charge is 2.16. The Hall–Kier alpha value is -1.49. The Labute approximate surface area is 99.4 Å². The summed E-state index contributed by atoms with van der Waals surface area (Å²) >= 11 is 0. The van der Waals surface area contributed by atoms with Crippen LogP contribution in [-0.2, 0) is 0 Å². The first-order valence-electron chi connectivity index (χ1n) is 5.53. The van der Waals surface area contributed by atoms with Crippen LogP contribution in [-0.4, -0.2) is 33.1 Å². The van der Waals surface area contributed by atoms with E-state index in [1.54, 1.807) is 0 Å². The number of rotatable bonds is 5. The third-order valence-electron chi connectivity index (χ3n) is 2.33. The van der Waals surface area contributed by atoms with Gasteiger partial charge in [0.15, 0.2) is 0 Å². The molecule has 0 bridgehead atoms. The zero-order chi connectivity index (χ0) is 12.8. The maximum absolute atomic E-state index is 13.2. The first-order chi connectivity index (χ1) is 8.02. The van der Waals surface area contributed by atoms with Crippen LogP contribution in [0.5, 0.6) is 0 Å². The van der Waals surface area contributed by atoms with Crippen LogP contribution in [0.4, 0.5) is 8.78 Å². The molecule has 0 atom stereocenters. The molecule has 0 aliphatic rings. The molecular formula is C12H17F2N2O+. The minimum absolute atomic E-state index is 0.414. The monoisotopic (exact) mass is 243 g/mol. The van der Waals surface area contributed by atoms with E-state index in [1.165, 1.54) is 11.0 Å². The number of amides is 1. The minimum Gasteiger partial charge on any atom is -0.352 e. The number of nitrogens with one attached hydrogen (secondary N) is 2. The van der Waals surface area contributed by atoms with E-state index in [0.717, 1.165) is 25.1 Å². The van der Waals surface area contributed by atoms with Gasteiger partial charge in [-0.25, -0.2) is 8.78 Å². The topological polar surface area (TPSA) is 33.5 Å². The lowest BCUT2D eigenvalue weighted by Gasteiger charge is -2.09. The molecule has 0 saturated carbocycles. The summed E-state index contributed by atoms with van der Waals surface area (Å²) in [6.07, 6.45) is 0.768. The molecule has 0 spiro atoms. The number of hydrogen-bond acceptors (Lipinski definition) is 1. The predicted octanol–water partition coefficient (Wildman–Crippen LogP) is 0.229. The molecule has 0 aromatic heterocycles. The van der Waals surface area contributed by atoms with E-state index >= 15 is 0 Å². The quantitative estimate of drug-likeness (QED) is 0.713. The van der Waals surface area contributed by atoms with Gasteiger partial charge in [-0.2, -0.15) is 0 Å². The molecule has 1 aromatic carbocycles. The van der Waals surface area contributed by atoms with Crippen molar-refractivity contribution >= 4 is 5.91 Å². The van der Waals surface area contributed by atoms with Gasteiger partial charge in [0.1, 0.15) is 17.2 Å². The molecule has 0 fully saturated rings. The van der Waals surface area contributed by atoms with Gasteiger partial charge in [-0.05, 0) is 12.1 Å². The van der Waals surface area contributed by atoms with Gasteiger partial charge in [-0.1, -0.05) is 6.07 Å². The zero-order valence-corrected chi connectivity index (χ0v) is 10.0. The Morgan fingerprint density at radius 2 is 1.88 bits per heavy atom. The van der Waals surface area contributed by atoms with E-state index in [-0.39, 0.29) is 0 Å². The van der Waals surface area contributed by atoms with Crippen LogP contribution >= 0.6 is 0 Å². The molecule has 94 valence electrons. The summed E-state index contributed by atoms with van der Waals surface area (Å²) in [5.74, 6) is -2.36. The fourth-order valence-electron chi connectivity index (χ4n) is 1.45. The fraction of sp³-hybridized carbons (Fsp3) is 0.417. The lowest BCUT2D eigenvalue weighted by Crippen LogP contribution is -3.05. The van der Waals surface area contributed by atoms with Gasteiger partial charge in [0.05, 0.1) is 20.6 Å². The Kier molecular flexibility index (Phi) is 5.03. The predicted molar refractivity (Wildman–Crippen MR) is 61.0 cm³/mol. The maximum Gasteiger partial charge on any atom is 0.257 e. The van der Waals surface area contributed by atoms with Crippen molar-refractivity contribution in [2.45, 2.75) is 6.42 Å². The van der Waals surface area contributed by atoms with Crippen molar-refractivity contribution in [1.82, 2.24) is 5.32 Å². The molecular weight excluding hydrogens is 226 g/mol. The minimum atomic E-state index is -0.833. The lowest BCUT2D eigenvalue weighted by atomic mass is 10.2. The summed E-state index contributed by atoms with van der Waals surface area (Å²) in [5, 5.41) is 2.50. The molecule has 0 unspecified atom stereocenters. The number of carbonyl (C=O) groups is 1. The van der Waals surface area contributed by atoms with Gasteiger partial charge < -0.3 is 10.2 Å². The Morgan fingerprint density at radius 1 is 1.29 bits per heavy atom.